The van der Waals surface area contributed by atoms with E-state index in [0.29, 0.717) is 33.7 Å². The smallest absolute Gasteiger partial charge is 0.493 e. The number of ether oxygens (including phenoxy) is 4. The fourth-order valence-electron chi connectivity index (χ4n) is 3.51. The zero-order valence-corrected chi connectivity index (χ0v) is 17.9. The minimum atomic E-state index is -4.86. The first-order chi connectivity index (χ1) is 15.8. The molecule has 170 valence electrons. The van der Waals surface area contributed by atoms with Crippen LogP contribution in [-0.2, 0) is 0 Å². The molecule has 3 aromatic carbocycles. The number of aromatic nitrogens is 2. The van der Waals surface area contributed by atoms with E-state index in [0.717, 1.165) is 11.1 Å². The quantitative estimate of drug-likeness (QED) is 0.361. The van der Waals surface area contributed by atoms with Gasteiger partial charge in [0.05, 0.1) is 32.5 Å². The summed E-state index contributed by atoms with van der Waals surface area (Å²) in [6, 6.07) is 15.4. The Bertz CT molecular complexity index is 1310. The summed E-state index contributed by atoms with van der Waals surface area (Å²) in [5, 5.41) is 0.660. The number of halogens is 3. The summed E-state index contributed by atoms with van der Waals surface area (Å²) in [6.45, 7) is 0. The highest BCUT2D eigenvalue weighted by atomic mass is 19.4. The maximum absolute atomic E-state index is 12.9. The zero-order chi connectivity index (χ0) is 23.6. The van der Waals surface area contributed by atoms with Gasteiger partial charge in [0.2, 0.25) is 0 Å². The van der Waals surface area contributed by atoms with Crippen LogP contribution in [0.3, 0.4) is 0 Å². The van der Waals surface area contributed by atoms with E-state index in [-0.39, 0.29) is 5.75 Å². The average Bonchev–Trinajstić information content (AvgIpc) is 2.81. The second-order valence-corrected chi connectivity index (χ2v) is 6.94. The number of methoxy groups -OCH3 is 3. The first-order valence-corrected chi connectivity index (χ1v) is 9.74. The second-order valence-electron chi connectivity index (χ2n) is 6.94. The van der Waals surface area contributed by atoms with Crippen molar-refractivity contribution in [1.29, 1.82) is 0 Å². The van der Waals surface area contributed by atoms with Crippen LogP contribution in [-0.4, -0.2) is 37.7 Å². The molecule has 6 nitrogen and oxygen atoms in total. The van der Waals surface area contributed by atoms with Gasteiger partial charge >= 0.3 is 6.36 Å². The third kappa shape index (κ3) is 4.62. The van der Waals surface area contributed by atoms with Gasteiger partial charge in [0.1, 0.15) is 6.33 Å². The number of hydrogen-bond donors (Lipinski definition) is 0. The number of benzene rings is 3. The van der Waals surface area contributed by atoms with E-state index in [4.69, 9.17) is 14.2 Å². The molecule has 0 N–H and O–H groups in total. The number of nitrogens with zero attached hydrogens (tertiary/aromatic N) is 2. The van der Waals surface area contributed by atoms with Gasteiger partial charge in [-0.15, -0.1) is 13.2 Å². The summed E-state index contributed by atoms with van der Waals surface area (Å²) in [4.78, 5) is 8.62. The molecule has 1 heterocycles. The number of alkyl halides is 3. The summed E-state index contributed by atoms with van der Waals surface area (Å²) in [7, 11) is 4.38. The molecule has 0 saturated carbocycles. The van der Waals surface area contributed by atoms with E-state index in [1.807, 2.05) is 30.3 Å². The SMILES string of the molecule is COc1ccc(-c2ccc3ncnc(-c4ccc(OC)c(OC(F)(F)F)c4)c3c2)cc1OC. The molecular weight excluding hydrogens is 437 g/mol. The van der Waals surface area contributed by atoms with Crippen LogP contribution < -0.4 is 18.9 Å². The molecule has 9 heteroatoms. The van der Waals surface area contributed by atoms with Gasteiger partial charge in [0.25, 0.3) is 0 Å². The molecule has 4 rings (SSSR count). The van der Waals surface area contributed by atoms with Crippen molar-refractivity contribution < 1.29 is 32.1 Å². The van der Waals surface area contributed by atoms with E-state index in [1.165, 1.54) is 25.6 Å². The molecule has 33 heavy (non-hydrogen) atoms. The van der Waals surface area contributed by atoms with Crippen LogP contribution in [0.25, 0.3) is 33.3 Å². The third-order valence-electron chi connectivity index (χ3n) is 5.01. The number of fused-ring (bicyclic) bond motifs is 1. The van der Waals surface area contributed by atoms with Crippen LogP contribution in [0.15, 0.2) is 60.9 Å². The standard InChI is InChI=1S/C24H19F3N2O4/c1-30-19-8-5-15(11-21(19)32-3)14-4-7-18-17(10-14)23(29-13-28-18)16-6-9-20(31-2)22(12-16)33-24(25,26)27/h4-13H,1-3H3. The molecule has 0 aliphatic carbocycles. The van der Waals surface area contributed by atoms with Crippen molar-refractivity contribution >= 4 is 10.9 Å². The van der Waals surface area contributed by atoms with Crippen molar-refractivity contribution in [2.75, 3.05) is 21.3 Å². The largest absolute Gasteiger partial charge is 0.573 e. The Labute approximate surface area is 187 Å². The Morgan fingerprint density at radius 2 is 1.21 bits per heavy atom. The predicted octanol–water partition coefficient (Wildman–Crippen LogP) is 5.89. The van der Waals surface area contributed by atoms with Crippen LogP contribution in [0.4, 0.5) is 13.2 Å². The van der Waals surface area contributed by atoms with Crippen LogP contribution in [0.1, 0.15) is 0 Å². The first kappa shape index (κ1) is 22.2. The minimum absolute atomic E-state index is 0.0412. The number of hydrogen-bond acceptors (Lipinski definition) is 6. The summed E-state index contributed by atoms with van der Waals surface area (Å²) >= 11 is 0. The fraction of sp³-hybridized carbons (Fsp3) is 0.167. The van der Waals surface area contributed by atoms with E-state index in [1.54, 1.807) is 26.4 Å². The minimum Gasteiger partial charge on any atom is -0.493 e. The first-order valence-electron chi connectivity index (χ1n) is 9.74. The molecule has 0 fully saturated rings. The zero-order valence-electron chi connectivity index (χ0n) is 17.9. The lowest BCUT2D eigenvalue weighted by Gasteiger charge is -2.14. The Balaban J connectivity index is 1.84. The van der Waals surface area contributed by atoms with E-state index >= 15 is 0 Å². The molecule has 1 aromatic heterocycles. The molecule has 0 amide bonds. The van der Waals surface area contributed by atoms with Crippen LogP contribution in [0, 0.1) is 0 Å². The van der Waals surface area contributed by atoms with E-state index < -0.39 is 12.1 Å². The molecule has 0 spiro atoms. The maximum Gasteiger partial charge on any atom is 0.573 e. The van der Waals surface area contributed by atoms with Gasteiger partial charge in [-0.05, 0) is 53.6 Å². The Kier molecular flexibility index (Phi) is 5.95. The second kappa shape index (κ2) is 8.85. The van der Waals surface area contributed by atoms with E-state index in [2.05, 4.69) is 14.7 Å². The molecule has 0 saturated heterocycles. The topological polar surface area (TPSA) is 62.7 Å². The molecule has 0 radical (unpaired) electrons. The van der Waals surface area contributed by atoms with Crippen LogP contribution in [0.2, 0.25) is 0 Å². The summed E-state index contributed by atoms with van der Waals surface area (Å²) < 4.78 is 58.5. The van der Waals surface area contributed by atoms with Gasteiger partial charge < -0.3 is 18.9 Å². The Morgan fingerprint density at radius 3 is 1.88 bits per heavy atom. The number of rotatable bonds is 6. The maximum atomic E-state index is 12.9. The van der Waals surface area contributed by atoms with Crippen molar-refractivity contribution in [3.63, 3.8) is 0 Å². The highest BCUT2D eigenvalue weighted by molar-refractivity contribution is 5.95. The Hall–Kier alpha value is -4.01. The predicted molar refractivity (Wildman–Crippen MR) is 117 cm³/mol. The van der Waals surface area contributed by atoms with Crippen molar-refractivity contribution in [2.45, 2.75) is 6.36 Å². The lowest BCUT2D eigenvalue weighted by molar-refractivity contribution is -0.275. The molecule has 4 aromatic rings. The molecule has 0 bridgehead atoms. The summed E-state index contributed by atoms with van der Waals surface area (Å²) in [6.07, 6.45) is -3.50. The normalized spacial score (nSPS) is 11.3. The van der Waals surface area contributed by atoms with Gasteiger partial charge in [-0.25, -0.2) is 9.97 Å². The Morgan fingerprint density at radius 1 is 0.636 bits per heavy atom. The van der Waals surface area contributed by atoms with Crippen molar-refractivity contribution in [3.05, 3.63) is 60.9 Å². The summed E-state index contributed by atoms with van der Waals surface area (Å²) in [5.74, 6) is 0.677. The van der Waals surface area contributed by atoms with Gasteiger partial charge in [0, 0.05) is 10.9 Å². The lowest BCUT2D eigenvalue weighted by Crippen LogP contribution is -2.17. The molecule has 0 aliphatic heterocycles. The van der Waals surface area contributed by atoms with Crippen molar-refractivity contribution in [1.82, 2.24) is 9.97 Å². The van der Waals surface area contributed by atoms with Crippen LogP contribution in [0.5, 0.6) is 23.0 Å². The molecule has 0 aliphatic rings. The lowest BCUT2D eigenvalue weighted by atomic mass is 10.00. The van der Waals surface area contributed by atoms with Gasteiger partial charge in [-0.3, -0.25) is 0 Å². The highest BCUT2D eigenvalue weighted by Crippen LogP contribution is 2.38. The fourth-order valence-corrected chi connectivity index (χ4v) is 3.51. The average molecular weight is 456 g/mol. The molecular formula is C24H19F3N2O4. The third-order valence-corrected chi connectivity index (χ3v) is 5.01. The van der Waals surface area contributed by atoms with Crippen molar-refractivity contribution in [3.8, 4) is 45.4 Å². The van der Waals surface area contributed by atoms with Gasteiger partial charge in [-0.1, -0.05) is 12.1 Å². The van der Waals surface area contributed by atoms with Crippen molar-refractivity contribution in [2.24, 2.45) is 0 Å². The van der Waals surface area contributed by atoms with Gasteiger partial charge in [-0.2, -0.15) is 0 Å². The monoisotopic (exact) mass is 456 g/mol. The summed E-state index contributed by atoms with van der Waals surface area (Å²) in [5.41, 5.74) is 3.22. The molecule has 0 unspecified atom stereocenters. The molecule has 0 atom stereocenters. The highest BCUT2D eigenvalue weighted by Gasteiger charge is 2.32. The van der Waals surface area contributed by atoms with Gasteiger partial charge in [0.15, 0.2) is 23.0 Å². The van der Waals surface area contributed by atoms with E-state index in [9.17, 15) is 13.2 Å². The van der Waals surface area contributed by atoms with Crippen LogP contribution >= 0.6 is 0 Å².